The summed E-state index contributed by atoms with van der Waals surface area (Å²) < 4.78 is 10.7. The van der Waals surface area contributed by atoms with Gasteiger partial charge in [-0.25, -0.2) is 14.6 Å². The molecule has 2 fully saturated rings. The molecular weight excluding hydrogens is 520 g/mol. The fraction of sp³-hybridized carbons (Fsp3) is 0.333. The highest BCUT2D eigenvalue weighted by molar-refractivity contribution is 7.99. The number of fused-ring (bicyclic) bond motifs is 3. The molecule has 1 atom stereocenters. The number of nitrogens with one attached hydrogen (secondary N) is 1. The lowest BCUT2D eigenvalue weighted by Gasteiger charge is -2.37. The van der Waals surface area contributed by atoms with Gasteiger partial charge in [0.15, 0.2) is 11.7 Å². The number of hydrogen-bond acceptors (Lipinski definition) is 9. The van der Waals surface area contributed by atoms with E-state index in [1.807, 2.05) is 54.6 Å². The lowest BCUT2D eigenvalue weighted by molar-refractivity contribution is -0.150. The summed E-state index contributed by atoms with van der Waals surface area (Å²) in [6, 6.07) is 16.2. The van der Waals surface area contributed by atoms with E-state index in [1.54, 1.807) is 4.90 Å². The van der Waals surface area contributed by atoms with Crippen molar-refractivity contribution in [2.45, 2.75) is 36.7 Å². The molecule has 11 nitrogen and oxygen atoms in total. The SMILES string of the molecule is O=C(OCc1ccccc1)C1COC(=O)N1C1CCN(C(=O)CSc2nnc3c(n2)[nH]c2ccccc23)CC1. The molecule has 39 heavy (non-hydrogen) atoms. The second kappa shape index (κ2) is 10.9. The van der Waals surface area contributed by atoms with Gasteiger partial charge in [-0.05, 0) is 24.5 Å². The zero-order chi connectivity index (χ0) is 26.8. The van der Waals surface area contributed by atoms with Gasteiger partial charge in [0.05, 0.1) is 5.75 Å². The number of carbonyl (C=O) groups is 3. The number of rotatable bonds is 7. The van der Waals surface area contributed by atoms with Gasteiger partial charge in [0, 0.05) is 30.0 Å². The summed E-state index contributed by atoms with van der Waals surface area (Å²) >= 11 is 1.24. The first-order valence-corrected chi connectivity index (χ1v) is 13.7. The Balaban J connectivity index is 1.02. The van der Waals surface area contributed by atoms with Crippen LogP contribution in [0.25, 0.3) is 22.1 Å². The standard InChI is InChI=1S/C27H26N6O5S/c34-22(16-39-26-29-24-23(30-31-26)19-8-4-5-9-20(19)28-24)32-12-10-18(11-13-32)33-21(15-38-27(33)36)25(35)37-14-17-6-2-1-3-7-17/h1-9,18,21H,10-16H2,(H,28,29,31). The van der Waals surface area contributed by atoms with Crippen LogP contribution in [0, 0.1) is 0 Å². The third-order valence-electron chi connectivity index (χ3n) is 7.05. The van der Waals surface area contributed by atoms with E-state index in [2.05, 4.69) is 20.2 Å². The van der Waals surface area contributed by atoms with Crippen LogP contribution in [-0.4, -0.2) is 85.5 Å². The fourth-order valence-electron chi connectivity index (χ4n) is 5.02. The molecule has 2 amide bonds. The largest absolute Gasteiger partial charge is 0.459 e. The number of piperidine rings is 1. The number of esters is 1. The fourth-order valence-corrected chi connectivity index (χ4v) is 5.71. The van der Waals surface area contributed by atoms with E-state index in [1.165, 1.54) is 16.7 Å². The van der Waals surface area contributed by atoms with Crippen molar-refractivity contribution in [3.8, 4) is 0 Å². The van der Waals surface area contributed by atoms with Crippen molar-refractivity contribution in [1.82, 2.24) is 30.0 Å². The molecule has 1 N–H and O–H groups in total. The first-order valence-electron chi connectivity index (χ1n) is 12.7. The van der Waals surface area contributed by atoms with Gasteiger partial charge < -0.3 is 19.4 Å². The molecule has 4 heterocycles. The van der Waals surface area contributed by atoms with E-state index < -0.39 is 18.1 Å². The summed E-state index contributed by atoms with van der Waals surface area (Å²) in [5, 5.41) is 9.86. The zero-order valence-corrected chi connectivity index (χ0v) is 21.8. The van der Waals surface area contributed by atoms with Gasteiger partial charge in [0.2, 0.25) is 11.1 Å². The van der Waals surface area contributed by atoms with Crippen molar-refractivity contribution >= 4 is 51.8 Å². The summed E-state index contributed by atoms with van der Waals surface area (Å²) in [6.07, 6.45) is 0.578. The van der Waals surface area contributed by atoms with Gasteiger partial charge in [0.1, 0.15) is 18.7 Å². The Morgan fingerprint density at radius 1 is 1.05 bits per heavy atom. The maximum absolute atomic E-state index is 12.9. The van der Waals surface area contributed by atoms with Crippen molar-refractivity contribution in [1.29, 1.82) is 0 Å². The van der Waals surface area contributed by atoms with Crippen molar-refractivity contribution in [3.63, 3.8) is 0 Å². The zero-order valence-electron chi connectivity index (χ0n) is 21.0. The average Bonchev–Trinajstić information content (AvgIpc) is 3.55. The van der Waals surface area contributed by atoms with Crippen LogP contribution in [0.3, 0.4) is 0 Å². The topological polar surface area (TPSA) is 131 Å². The van der Waals surface area contributed by atoms with Crippen molar-refractivity contribution in [3.05, 3.63) is 60.2 Å². The van der Waals surface area contributed by atoms with Crippen LogP contribution < -0.4 is 0 Å². The summed E-state index contributed by atoms with van der Waals surface area (Å²) in [6.45, 7) is 1.05. The van der Waals surface area contributed by atoms with Crippen LogP contribution in [0.15, 0.2) is 59.8 Å². The first kappa shape index (κ1) is 25.1. The molecule has 2 aromatic heterocycles. The van der Waals surface area contributed by atoms with E-state index in [0.29, 0.717) is 42.3 Å². The van der Waals surface area contributed by atoms with Crippen molar-refractivity contribution in [2.75, 3.05) is 25.4 Å². The smallest absolute Gasteiger partial charge is 0.410 e. The number of aromatic nitrogens is 4. The Hall–Kier alpha value is -4.19. The van der Waals surface area contributed by atoms with Crippen LogP contribution >= 0.6 is 11.8 Å². The lowest BCUT2D eigenvalue weighted by Crippen LogP contribution is -2.52. The molecule has 2 aromatic carbocycles. The predicted molar refractivity (Wildman–Crippen MR) is 143 cm³/mol. The van der Waals surface area contributed by atoms with Gasteiger partial charge in [0.25, 0.3) is 0 Å². The number of carbonyl (C=O) groups excluding carboxylic acids is 3. The van der Waals surface area contributed by atoms with Gasteiger partial charge in [-0.2, -0.15) is 0 Å². The number of ether oxygens (including phenoxy) is 2. The van der Waals surface area contributed by atoms with Gasteiger partial charge >= 0.3 is 12.1 Å². The molecule has 12 heteroatoms. The molecular formula is C27H26N6O5S. The molecule has 0 saturated carbocycles. The molecule has 0 spiro atoms. The quantitative estimate of drug-likeness (QED) is 0.274. The van der Waals surface area contributed by atoms with Crippen LogP contribution in [-0.2, 0) is 25.7 Å². The molecule has 0 aliphatic carbocycles. The van der Waals surface area contributed by atoms with E-state index >= 15 is 0 Å². The summed E-state index contributed by atoms with van der Waals surface area (Å²) in [7, 11) is 0. The number of likely N-dealkylation sites (tertiary alicyclic amines) is 1. The minimum absolute atomic E-state index is 0.0308. The second-order valence-corrected chi connectivity index (χ2v) is 10.4. The number of aromatic amines is 1. The minimum atomic E-state index is -0.784. The highest BCUT2D eigenvalue weighted by Crippen LogP contribution is 2.27. The summed E-state index contributed by atoms with van der Waals surface area (Å²) in [4.78, 5) is 49.1. The minimum Gasteiger partial charge on any atom is -0.459 e. The second-order valence-electron chi connectivity index (χ2n) is 9.46. The van der Waals surface area contributed by atoms with Crippen LogP contribution in [0.2, 0.25) is 0 Å². The van der Waals surface area contributed by atoms with E-state index in [-0.39, 0.29) is 30.9 Å². The molecule has 0 bridgehead atoms. The molecule has 4 aromatic rings. The van der Waals surface area contributed by atoms with Gasteiger partial charge in [-0.1, -0.05) is 60.3 Å². The average molecular weight is 547 g/mol. The normalized spacial score (nSPS) is 18.1. The number of benzene rings is 2. The molecule has 6 rings (SSSR count). The lowest BCUT2D eigenvalue weighted by atomic mass is 10.0. The van der Waals surface area contributed by atoms with Crippen molar-refractivity contribution < 1.29 is 23.9 Å². The first-order chi connectivity index (χ1) is 19.1. The van der Waals surface area contributed by atoms with E-state index in [0.717, 1.165) is 16.5 Å². The Bertz CT molecular complexity index is 1520. The number of H-pyrrole nitrogens is 1. The number of thioether (sulfide) groups is 1. The summed E-state index contributed by atoms with van der Waals surface area (Å²) in [5.41, 5.74) is 3.14. The maximum Gasteiger partial charge on any atom is 0.410 e. The molecule has 2 aliphatic heterocycles. The Morgan fingerprint density at radius 3 is 2.64 bits per heavy atom. The number of nitrogens with zero attached hydrogens (tertiary/aromatic N) is 5. The molecule has 2 aliphatic rings. The molecule has 1 unspecified atom stereocenters. The van der Waals surface area contributed by atoms with Gasteiger partial charge in [-0.3, -0.25) is 9.69 Å². The highest BCUT2D eigenvalue weighted by atomic mass is 32.2. The predicted octanol–water partition coefficient (Wildman–Crippen LogP) is 3.15. The molecule has 0 radical (unpaired) electrons. The third-order valence-corrected chi connectivity index (χ3v) is 7.87. The third kappa shape index (κ3) is 5.24. The molecule has 2 saturated heterocycles. The Kier molecular flexibility index (Phi) is 7.01. The van der Waals surface area contributed by atoms with E-state index in [4.69, 9.17) is 9.47 Å². The van der Waals surface area contributed by atoms with Gasteiger partial charge in [-0.15, -0.1) is 10.2 Å². The summed E-state index contributed by atoms with van der Waals surface area (Å²) in [5.74, 6) is -0.347. The highest BCUT2D eigenvalue weighted by Gasteiger charge is 2.44. The van der Waals surface area contributed by atoms with Crippen LogP contribution in [0.1, 0.15) is 18.4 Å². The van der Waals surface area contributed by atoms with Crippen molar-refractivity contribution in [2.24, 2.45) is 0 Å². The number of para-hydroxylation sites is 1. The Labute approximate surface area is 227 Å². The maximum atomic E-state index is 12.9. The number of amides is 2. The van der Waals surface area contributed by atoms with Crippen LogP contribution in [0.5, 0.6) is 0 Å². The number of cyclic esters (lactones) is 1. The Morgan fingerprint density at radius 2 is 1.82 bits per heavy atom. The number of hydrogen-bond donors (Lipinski definition) is 1. The monoisotopic (exact) mass is 546 g/mol. The van der Waals surface area contributed by atoms with Crippen LogP contribution in [0.4, 0.5) is 4.79 Å². The van der Waals surface area contributed by atoms with E-state index in [9.17, 15) is 14.4 Å². The molecule has 200 valence electrons.